The van der Waals surface area contributed by atoms with Gasteiger partial charge in [0.05, 0.1) is 6.42 Å². The third-order valence-corrected chi connectivity index (χ3v) is 2.82. The van der Waals surface area contributed by atoms with Crippen LogP contribution in [-0.2, 0) is 16.1 Å². The van der Waals surface area contributed by atoms with Crippen LogP contribution in [0.4, 0.5) is 11.4 Å². The van der Waals surface area contributed by atoms with E-state index in [1.165, 1.54) is 6.42 Å². The fourth-order valence-corrected chi connectivity index (χ4v) is 1.66. The van der Waals surface area contributed by atoms with Gasteiger partial charge in [-0.15, -0.1) is 0 Å². The summed E-state index contributed by atoms with van der Waals surface area (Å²) in [6.45, 7) is 0.228. The van der Waals surface area contributed by atoms with Gasteiger partial charge in [-0.1, -0.05) is 36.4 Å². The molecule has 2 rings (SSSR count). The van der Waals surface area contributed by atoms with Crippen molar-refractivity contribution in [1.82, 2.24) is 0 Å². The van der Waals surface area contributed by atoms with Crippen LogP contribution in [-0.4, -0.2) is 5.97 Å². The predicted molar refractivity (Wildman–Crippen MR) is 84.8 cm³/mol. The number of nitrogens with two attached hydrogens (primary N) is 2. The molecular weight excluding hydrogens is 264 g/mol. The van der Waals surface area contributed by atoms with Gasteiger partial charge in [0.2, 0.25) is 0 Å². The van der Waals surface area contributed by atoms with E-state index in [1.807, 2.05) is 30.3 Å². The molecule has 0 bridgehead atoms. The highest BCUT2D eigenvalue weighted by molar-refractivity contribution is 5.82. The minimum atomic E-state index is -0.390. The number of benzene rings is 2. The molecule has 2 aromatic carbocycles. The summed E-state index contributed by atoms with van der Waals surface area (Å²) in [4.78, 5) is 11.6. The zero-order chi connectivity index (χ0) is 15.1. The maximum absolute atomic E-state index is 11.6. The lowest BCUT2D eigenvalue weighted by atomic mass is 10.2. The zero-order valence-corrected chi connectivity index (χ0v) is 11.5. The van der Waals surface area contributed by atoms with Crippen molar-refractivity contribution in [2.24, 2.45) is 0 Å². The highest BCUT2D eigenvalue weighted by Crippen LogP contribution is 2.09. The third kappa shape index (κ3) is 5.03. The van der Waals surface area contributed by atoms with E-state index in [2.05, 4.69) is 0 Å². The first-order chi connectivity index (χ1) is 10.1. The molecule has 4 nitrogen and oxygen atoms in total. The van der Waals surface area contributed by atoms with Gasteiger partial charge >= 0.3 is 5.97 Å². The number of hydrogen-bond donors (Lipinski definition) is 2. The van der Waals surface area contributed by atoms with Crippen LogP contribution in [0.2, 0.25) is 0 Å². The Morgan fingerprint density at radius 1 is 0.952 bits per heavy atom. The first-order valence-corrected chi connectivity index (χ1v) is 6.51. The number of esters is 1. The van der Waals surface area contributed by atoms with Gasteiger partial charge in [-0.3, -0.25) is 4.79 Å². The average molecular weight is 281 g/mol. The molecule has 1 radical (unpaired) electrons. The summed E-state index contributed by atoms with van der Waals surface area (Å²) in [6.07, 6.45) is 4.84. The lowest BCUT2D eigenvalue weighted by Gasteiger charge is -2.03. The standard InChI is InChI=1S/C17H17N2O2/c18-15-8-4-13(5-9-15)2-1-3-17(20)21-12-14-6-10-16(19)11-7-14/h1-11H,12,18-19H2/b2-1+. The second-order valence-electron chi connectivity index (χ2n) is 4.54. The van der Waals surface area contributed by atoms with Crippen LogP contribution in [0.1, 0.15) is 11.1 Å². The summed E-state index contributed by atoms with van der Waals surface area (Å²) in [7, 11) is 0. The van der Waals surface area contributed by atoms with Crippen molar-refractivity contribution < 1.29 is 9.53 Å². The van der Waals surface area contributed by atoms with Gasteiger partial charge in [-0.05, 0) is 35.4 Å². The number of carbonyl (C=O) groups excluding carboxylic acids is 1. The van der Waals surface area contributed by atoms with Crippen molar-refractivity contribution in [2.75, 3.05) is 11.5 Å². The van der Waals surface area contributed by atoms with Crippen molar-refractivity contribution in [1.29, 1.82) is 0 Å². The molecule has 0 spiro atoms. The molecule has 0 saturated heterocycles. The number of anilines is 2. The Balaban J connectivity index is 1.77. The van der Waals surface area contributed by atoms with Crippen molar-refractivity contribution in [3.8, 4) is 0 Å². The minimum absolute atomic E-state index is 0.228. The van der Waals surface area contributed by atoms with Crippen molar-refractivity contribution in [3.63, 3.8) is 0 Å². The Labute approximate surface area is 124 Å². The highest BCUT2D eigenvalue weighted by atomic mass is 16.5. The molecule has 107 valence electrons. The fourth-order valence-electron chi connectivity index (χ4n) is 1.66. The van der Waals surface area contributed by atoms with Gasteiger partial charge < -0.3 is 16.2 Å². The van der Waals surface area contributed by atoms with Crippen LogP contribution in [0.3, 0.4) is 0 Å². The summed E-state index contributed by atoms with van der Waals surface area (Å²) in [5.74, 6) is -0.390. The topological polar surface area (TPSA) is 78.3 Å². The van der Waals surface area contributed by atoms with Crippen LogP contribution >= 0.6 is 0 Å². The fraction of sp³-hybridized carbons (Fsp3) is 0.0588. The summed E-state index contributed by atoms with van der Waals surface area (Å²) < 4.78 is 5.12. The van der Waals surface area contributed by atoms with E-state index in [1.54, 1.807) is 30.3 Å². The van der Waals surface area contributed by atoms with Crippen LogP contribution < -0.4 is 11.5 Å². The van der Waals surface area contributed by atoms with Gasteiger partial charge in [0.15, 0.2) is 0 Å². The van der Waals surface area contributed by atoms with Crippen molar-refractivity contribution >= 4 is 23.4 Å². The van der Waals surface area contributed by atoms with E-state index in [0.717, 1.165) is 11.1 Å². The molecule has 21 heavy (non-hydrogen) atoms. The number of ether oxygens (including phenoxy) is 1. The second-order valence-corrected chi connectivity index (χ2v) is 4.54. The van der Waals surface area contributed by atoms with Gasteiger partial charge in [-0.25, -0.2) is 0 Å². The van der Waals surface area contributed by atoms with Crippen LogP contribution in [0.5, 0.6) is 0 Å². The second kappa shape index (κ2) is 7.14. The van der Waals surface area contributed by atoms with Crippen LogP contribution in [0, 0.1) is 6.42 Å². The summed E-state index contributed by atoms with van der Waals surface area (Å²) >= 11 is 0. The number of nitrogen functional groups attached to an aromatic ring is 2. The summed E-state index contributed by atoms with van der Waals surface area (Å²) in [5.41, 5.74) is 14.4. The van der Waals surface area contributed by atoms with E-state index >= 15 is 0 Å². The Bertz CT molecular complexity index is 616. The molecule has 0 aliphatic carbocycles. The van der Waals surface area contributed by atoms with E-state index in [4.69, 9.17) is 16.2 Å². The molecule has 0 atom stereocenters. The summed E-state index contributed by atoms with van der Waals surface area (Å²) in [5, 5.41) is 0. The van der Waals surface area contributed by atoms with E-state index in [9.17, 15) is 4.79 Å². The largest absolute Gasteiger partial charge is 0.460 e. The molecular formula is C17H17N2O2. The van der Waals surface area contributed by atoms with Crippen LogP contribution in [0.25, 0.3) is 6.08 Å². The minimum Gasteiger partial charge on any atom is -0.460 e. The molecule has 0 unspecified atom stereocenters. The van der Waals surface area contributed by atoms with Gasteiger partial charge in [0.25, 0.3) is 0 Å². The van der Waals surface area contributed by atoms with Crippen molar-refractivity contribution in [3.05, 3.63) is 72.2 Å². The molecule has 0 aromatic heterocycles. The molecule has 0 heterocycles. The molecule has 0 fully saturated rings. The molecule has 0 saturated carbocycles. The molecule has 0 aliphatic rings. The Morgan fingerprint density at radius 2 is 1.52 bits per heavy atom. The third-order valence-electron chi connectivity index (χ3n) is 2.82. The van der Waals surface area contributed by atoms with Gasteiger partial charge in [-0.2, -0.15) is 0 Å². The maximum atomic E-state index is 11.6. The first kappa shape index (κ1) is 14.7. The zero-order valence-electron chi connectivity index (χ0n) is 11.5. The molecule has 0 amide bonds. The molecule has 4 heteroatoms. The van der Waals surface area contributed by atoms with E-state index in [0.29, 0.717) is 11.4 Å². The summed E-state index contributed by atoms with van der Waals surface area (Å²) in [6, 6.07) is 14.6. The monoisotopic (exact) mass is 281 g/mol. The van der Waals surface area contributed by atoms with Gasteiger partial charge in [0, 0.05) is 11.4 Å². The highest BCUT2D eigenvalue weighted by Gasteiger charge is 2.01. The SMILES string of the molecule is Nc1ccc(/C=C/[CH]C(=O)OCc2ccc(N)cc2)cc1. The first-order valence-electron chi connectivity index (χ1n) is 6.51. The number of carbonyl (C=O) groups is 1. The number of rotatable bonds is 5. The normalized spacial score (nSPS) is 10.7. The average Bonchev–Trinajstić information content (AvgIpc) is 2.49. The lowest BCUT2D eigenvalue weighted by Crippen LogP contribution is -2.03. The van der Waals surface area contributed by atoms with Crippen molar-refractivity contribution in [2.45, 2.75) is 6.61 Å². The quantitative estimate of drug-likeness (QED) is 0.652. The Kier molecular flexibility index (Phi) is 4.99. The predicted octanol–water partition coefficient (Wildman–Crippen LogP) is 2.81. The smallest absolute Gasteiger partial charge is 0.314 e. The van der Waals surface area contributed by atoms with Crippen LogP contribution in [0.15, 0.2) is 54.6 Å². The Hall–Kier alpha value is -2.75. The van der Waals surface area contributed by atoms with E-state index in [-0.39, 0.29) is 6.61 Å². The number of hydrogen-bond acceptors (Lipinski definition) is 4. The molecule has 4 N–H and O–H groups in total. The maximum Gasteiger partial charge on any atom is 0.314 e. The lowest BCUT2D eigenvalue weighted by molar-refractivity contribution is -0.140. The molecule has 0 aliphatic heterocycles. The Morgan fingerprint density at radius 3 is 2.14 bits per heavy atom. The molecule has 2 aromatic rings. The van der Waals surface area contributed by atoms with E-state index < -0.39 is 5.97 Å². The van der Waals surface area contributed by atoms with Gasteiger partial charge in [0.1, 0.15) is 6.61 Å².